The number of hydrogen-bond donors (Lipinski definition) is 11. The number of ether oxygens (including phenoxy) is 5. The minimum atomic E-state index is -2.08. The van der Waals surface area contributed by atoms with E-state index in [-0.39, 0.29) is 70.0 Å². The molecular formula is C65H86FN11O20. The molecule has 0 spiro atoms. The number of rotatable bonds is 29. The van der Waals surface area contributed by atoms with Gasteiger partial charge in [-0.25, -0.2) is 19.0 Å². The fraction of sp³-hybridized carbons (Fsp3) is 0.585. The van der Waals surface area contributed by atoms with Gasteiger partial charge in [-0.15, -0.1) is 0 Å². The smallest absolute Gasteiger partial charge is 0.407 e. The Bertz CT molecular complexity index is 3720. The van der Waals surface area contributed by atoms with Crippen molar-refractivity contribution in [3.8, 4) is 11.4 Å². The number of aliphatic hydroxyl groups excluding tert-OH is 2. The Morgan fingerprint density at radius 3 is 2.21 bits per heavy atom. The Labute approximate surface area is 557 Å². The molecule has 0 radical (unpaired) electrons. The third-order valence-electron chi connectivity index (χ3n) is 17.7. The van der Waals surface area contributed by atoms with E-state index in [0.29, 0.717) is 57.4 Å². The average Bonchev–Trinajstić information content (AvgIpc) is 1.61. The van der Waals surface area contributed by atoms with E-state index in [4.69, 9.17) is 34.4 Å². The SMILES string of the molecule is CC[C@@]1(O)C(=O)OCc2c1cc1n(c2=O)Cc2c-1nc1cc(F)c(C)c3c1c2[C@@H](NC(=O)C(C)(C)COCNC(=O)[C@H](C)NC(=O)[C@@H](NC(=O)[C@H](CCC(=O)NC[C@H]1O[C@@H](CC(N)=O)[C@H](O)[C@@H]1O)NC(=O)CCOC[C@H](CNC(=O)OC(C)(C)C)N1C(=O)C=CC1=O)C(C)C)CC3. The molecule has 32 heteroatoms. The molecule has 10 amide bonds. The quantitative estimate of drug-likeness (QED) is 0.0139. The van der Waals surface area contributed by atoms with Crippen molar-refractivity contribution in [2.24, 2.45) is 17.1 Å². The maximum absolute atomic E-state index is 15.6. The van der Waals surface area contributed by atoms with Crippen LogP contribution in [0.1, 0.15) is 140 Å². The lowest BCUT2D eigenvalue weighted by Crippen LogP contribution is -2.58. The summed E-state index contributed by atoms with van der Waals surface area (Å²) in [6.45, 7) is 13.7. The lowest BCUT2D eigenvalue weighted by molar-refractivity contribution is -0.172. The van der Waals surface area contributed by atoms with E-state index < -0.39 is 180 Å². The largest absolute Gasteiger partial charge is 0.458 e. The summed E-state index contributed by atoms with van der Waals surface area (Å²) in [7, 11) is 0. The van der Waals surface area contributed by atoms with Crippen LogP contribution in [0.5, 0.6) is 0 Å². The van der Waals surface area contributed by atoms with Crippen molar-refractivity contribution in [3.63, 3.8) is 0 Å². The Morgan fingerprint density at radius 1 is 0.856 bits per heavy atom. The van der Waals surface area contributed by atoms with Crippen LogP contribution >= 0.6 is 0 Å². The van der Waals surface area contributed by atoms with Crippen molar-refractivity contribution in [2.75, 3.05) is 39.6 Å². The van der Waals surface area contributed by atoms with Crippen LogP contribution in [0.15, 0.2) is 29.1 Å². The molecule has 1 saturated heterocycles. The number of imide groups is 1. The minimum absolute atomic E-state index is 0.0258. The van der Waals surface area contributed by atoms with Gasteiger partial charge >= 0.3 is 12.1 Å². The summed E-state index contributed by atoms with van der Waals surface area (Å²) in [4.78, 5) is 165. The molecule has 0 bridgehead atoms. The molecule has 6 heterocycles. The van der Waals surface area contributed by atoms with Crippen LogP contribution in [0.4, 0.5) is 9.18 Å². The Balaban J connectivity index is 0.870. The number of aliphatic hydroxyl groups is 3. The summed E-state index contributed by atoms with van der Waals surface area (Å²) in [5.74, 6) is -8.54. The van der Waals surface area contributed by atoms with Gasteiger partial charge in [-0.05, 0) is 103 Å². The molecule has 4 aliphatic heterocycles. The number of nitrogens with one attached hydrogen (secondary N) is 7. The molecule has 1 fully saturated rings. The summed E-state index contributed by atoms with van der Waals surface area (Å²) in [5, 5.41) is 51.4. The number of nitrogens with two attached hydrogens (primary N) is 1. The number of aromatic nitrogens is 2. The molecule has 10 atom stereocenters. The first-order chi connectivity index (χ1) is 45.5. The van der Waals surface area contributed by atoms with Crippen molar-refractivity contribution >= 4 is 76.1 Å². The van der Waals surface area contributed by atoms with Crippen LogP contribution in [0.2, 0.25) is 0 Å². The number of fused-ring (bicyclic) bond motifs is 5. The van der Waals surface area contributed by atoms with Gasteiger partial charge in [0.2, 0.25) is 41.4 Å². The fourth-order valence-corrected chi connectivity index (χ4v) is 12.2. The van der Waals surface area contributed by atoms with E-state index in [1.54, 1.807) is 68.4 Å². The summed E-state index contributed by atoms with van der Waals surface area (Å²) in [6.07, 6.45) is -4.97. The van der Waals surface area contributed by atoms with E-state index >= 15 is 4.39 Å². The molecule has 0 saturated carbocycles. The Kier molecular flexibility index (Phi) is 23.1. The molecule has 528 valence electrons. The van der Waals surface area contributed by atoms with Gasteiger partial charge in [-0.2, -0.15) is 0 Å². The molecule has 1 aromatic carbocycles. The van der Waals surface area contributed by atoms with E-state index in [2.05, 4.69) is 37.2 Å². The van der Waals surface area contributed by atoms with E-state index in [1.165, 1.54) is 17.6 Å². The molecule has 1 aliphatic carbocycles. The number of nitrogens with zero attached hydrogens (tertiary/aromatic N) is 3. The highest BCUT2D eigenvalue weighted by atomic mass is 19.1. The number of hydrogen-bond acceptors (Lipinski definition) is 21. The van der Waals surface area contributed by atoms with Gasteiger partial charge in [0.25, 0.3) is 17.4 Å². The summed E-state index contributed by atoms with van der Waals surface area (Å²) in [5.41, 5.74) is 4.09. The Morgan fingerprint density at radius 2 is 1.55 bits per heavy atom. The van der Waals surface area contributed by atoms with Crippen molar-refractivity contribution < 1.29 is 96.1 Å². The molecule has 2 aromatic heterocycles. The maximum atomic E-state index is 15.6. The first-order valence-electron chi connectivity index (χ1n) is 32.1. The molecule has 8 rings (SSSR count). The lowest BCUT2D eigenvalue weighted by Gasteiger charge is -2.32. The molecule has 5 aliphatic rings. The zero-order chi connectivity index (χ0) is 71.3. The normalized spacial score (nSPS) is 21.4. The van der Waals surface area contributed by atoms with E-state index in [9.17, 15) is 72.9 Å². The van der Waals surface area contributed by atoms with Crippen LogP contribution < -0.4 is 48.5 Å². The standard InChI is InChI=1S/C65H86FN11O20/c1-11-65(92)37-20-42-53-35(25-76(42)59(88)36(37)27-95-61(65)90)51-39(13-12-34-31(4)38(66)21-41(73-53)50(34)51)74-60(89)64(9,10)28-94-29-70-56(85)32(5)71-58(87)52(30(2)3)75-57(86)40(14-15-46(79)68-24-44-55(84)54(83)43(96-44)22-45(67)78)72-47(80)18-19-93-26-33(77-48(81)16-17-49(77)82)23-69-62(91)97-63(6,7)8/h16-17,20-21,30,32-33,39-40,43-44,52,54-55,83-84,92H,11-15,18-19,22-29H2,1-10H3,(H2,67,78)(H,68,79)(H,69,91)(H,70,85)(H,71,87)(H,72,80)(H,74,89)(H,75,86)/t32-,33-,39-,40-,43-,44+,52-,54-,55+,65-/m0/s1. The van der Waals surface area contributed by atoms with Gasteiger partial charge in [0.05, 0.1) is 78.9 Å². The van der Waals surface area contributed by atoms with Crippen LogP contribution in [-0.4, -0.2) is 189 Å². The van der Waals surface area contributed by atoms with Crippen LogP contribution in [0.3, 0.4) is 0 Å². The average molecular weight is 1360 g/mol. The number of carbonyl (C=O) groups excluding carboxylic acids is 11. The first kappa shape index (κ1) is 74.0. The van der Waals surface area contributed by atoms with Crippen LogP contribution in [0, 0.1) is 24.1 Å². The van der Waals surface area contributed by atoms with Crippen molar-refractivity contribution in [1.82, 2.24) is 51.7 Å². The molecule has 12 N–H and O–H groups in total. The summed E-state index contributed by atoms with van der Waals surface area (Å²) >= 11 is 0. The predicted octanol–water partition coefficient (Wildman–Crippen LogP) is -0.637. The number of pyridine rings is 2. The lowest BCUT2D eigenvalue weighted by atomic mass is 9.81. The van der Waals surface area contributed by atoms with Crippen molar-refractivity contribution in [1.29, 1.82) is 0 Å². The minimum Gasteiger partial charge on any atom is -0.458 e. The zero-order valence-electron chi connectivity index (χ0n) is 55.8. The Hall–Kier alpha value is -8.82. The highest BCUT2D eigenvalue weighted by Crippen LogP contribution is 2.46. The fourth-order valence-electron chi connectivity index (χ4n) is 12.2. The number of carbonyl (C=O) groups is 11. The topological polar surface area (TPSA) is 443 Å². The molecule has 97 heavy (non-hydrogen) atoms. The van der Waals surface area contributed by atoms with E-state index in [1.807, 2.05) is 0 Å². The number of amides is 10. The number of cyclic esters (lactones) is 1. The second-order valence-electron chi connectivity index (χ2n) is 26.8. The third kappa shape index (κ3) is 16.8. The first-order valence-corrected chi connectivity index (χ1v) is 32.1. The molecule has 3 aromatic rings. The second kappa shape index (κ2) is 30.3. The van der Waals surface area contributed by atoms with Gasteiger partial charge in [0, 0.05) is 60.7 Å². The van der Waals surface area contributed by atoms with Crippen LogP contribution in [-0.2, 0) is 96.8 Å². The predicted molar refractivity (Wildman–Crippen MR) is 339 cm³/mol. The van der Waals surface area contributed by atoms with Gasteiger partial charge < -0.3 is 86.5 Å². The monoisotopic (exact) mass is 1360 g/mol. The third-order valence-corrected chi connectivity index (χ3v) is 17.7. The summed E-state index contributed by atoms with van der Waals surface area (Å²) < 4.78 is 44.6. The zero-order valence-corrected chi connectivity index (χ0v) is 55.8. The highest BCUT2D eigenvalue weighted by molar-refractivity contribution is 6.13. The summed E-state index contributed by atoms with van der Waals surface area (Å²) in [6, 6.07) is -2.91. The molecular weight excluding hydrogens is 1270 g/mol. The number of halogens is 1. The van der Waals surface area contributed by atoms with Gasteiger partial charge in [0.15, 0.2) is 5.60 Å². The number of aryl methyl sites for hydroxylation is 1. The number of benzene rings is 1. The number of esters is 1. The molecule has 31 nitrogen and oxygen atoms in total. The van der Waals surface area contributed by atoms with Crippen LogP contribution in [0.25, 0.3) is 22.3 Å². The van der Waals surface area contributed by atoms with Gasteiger partial charge in [0.1, 0.15) is 61.2 Å². The van der Waals surface area contributed by atoms with E-state index in [0.717, 1.165) is 17.1 Å². The molecule has 0 unspecified atom stereocenters. The number of primary amides is 1. The van der Waals surface area contributed by atoms with Crippen molar-refractivity contribution in [3.05, 3.63) is 73.8 Å². The number of alkyl carbamates (subject to hydrolysis) is 1. The van der Waals surface area contributed by atoms with Gasteiger partial charge in [-0.1, -0.05) is 20.8 Å². The van der Waals surface area contributed by atoms with Crippen molar-refractivity contribution in [2.45, 2.75) is 193 Å². The maximum Gasteiger partial charge on any atom is 0.407 e. The van der Waals surface area contributed by atoms with Gasteiger partial charge in [-0.3, -0.25) is 52.8 Å². The second-order valence-corrected chi connectivity index (χ2v) is 26.8. The highest BCUT2D eigenvalue weighted by Gasteiger charge is 2.47.